The van der Waals surface area contributed by atoms with Crippen molar-refractivity contribution in [3.05, 3.63) is 10.6 Å². The van der Waals surface area contributed by atoms with E-state index >= 15 is 0 Å². The van der Waals surface area contributed by atoms with E-state index in [4.69, 9.17) is 10.5 Å². The smallest absolute Gasteiger partial charge is 0.159 e. The van der Waals surface area contributed by atoms with Crippen LogP contribution in [0.25, 0.3) is 0 Å². The Labute approximate surface area is 132 Å². The van der Waals surface area contributed by atoms with E-state index < -0.39 is 0 Å². The van der Waals surface area contributed by atoms with Crippen molar-refractivity contribution in [3.63, 3.8) is 0 Å². The van der Waals surface area contributed by atoms with Crippen LogP contribution in [0.15, 0.2) is 10.6 Å². The Kier molecular flexibility index (Phi) is 5.96. The molecule has 0 aromatic carbocycles. The van der Waals surface area contributed by atoms with Crippen LogP contribution < -0.4 is 0 Å². The number of piperidine rings is 1. The summed E-state index contributed by atoms with van der Waals surface area (Å²) in [4.78, 5) is 4.85. The molecule has 0 aliphatic carbocycles. The van der Waals surface area contributed by atoms with Gasteiger partial charge in [-0.3, -0.25) is 0 Å². The lowest BCUT2D eigenvalue weighted by Crippen LogP contribution is -2.39. The third-order valence-electron chi connectivity index (χ3n) is 4.72. The number of hydrogen-bond acceptors (Lipinski definition) is 5. The van der Waals surface area contributed by atoms with Crippen LogP contribution in [0.1, 0.15) is 32.6 Å². The van der Waals surface area contributed by atoms with Gasteiger partial charge in [0.15, 0.2) is 5.57 Å². The Morgan fingerprint density at radius 1 is 1.14 bits per heavy atom. The topological polar surface area (TPSA) is 54.1 Å². The largest absolute Gasteiger partial charge is 0.365 e. The standard InChI is InChI=1S/C16H24N4S/c1-13-4-3-7-20(13)12-14-5-8-19(9-6-14)16(21-2)15(10-17)11-18/h13-14H,3-9,12H2,1-2H3. The van der Waals surface area contributed by atoms with Gasteiger partial charge < -0.3 is 9.80 Å². The highest BCUT2D eigenvalue weighted by Gasteiger charge is 2.27. The number of rotatable bonds is 4. The molecule has 1 unspecified atom stereocenters. The number of thioether (sulfide) groups is 1. The molecule has 2 rings (SSSR count). The SMILES string of the molecule is CSC(=C(C#N)C#N)N1CCC(CN2CCCC2C)CC1. The lowest BCUT2D eigenvalue weighted by molar-refractivity contribution is 0.165. The van der Waals surface area contributed by atoms with Crippen molar-refractivity contribution in [2.75, 3.05) is 32.4 Å². The van der Waals surface area contributed by atoms with E-state index in [1.807, 2.05) is 18.4 Å². The molecule has 2 heterocycles. The maximum Gasteiger partial charge on any atom is 0.159 e. The monoisotopic (exact) mass is 304 g/mol. The second kappa shape index (κ2) is 7.73. The normalized spacial score (nSPS) is 23.6. The molecule has 0 bridgehead atoms. The highest BCUT2D eigenvalue weighted by atomic mass is 32.2. The number of nitriles is 2. The average Bonchev–Trinajstić information content (AvgIpc) is 2.91. The van der Waals surface area contributed by atoms with Crippen LogP contribution >= 0.6 is 11.8 Å². The Morgan fingerprint density at radius 3 is 2.29 bits per heavy atom. The van der Waals surface area contributed by atoms with Crippen LogP contribution in [0.3, 0.4) is 0 Å². The van der Waals surface area contributed by atoms with Gasteiger partial charge in [-0.15, -0.1) is 11.8 Å². The number of likely N-dealkylation sites (tertiary alicyclic amines) is 2. The quantitative estimate of drug-likeness (QED) is 0.748. The minimum absolute atomic E-state index is 0.258. The third-order valence-corrected chi connectivity index (χ3v) is 5.56. The summed E-state index contributed by atoms with van der Waals surface area (Å²) in [5.74, 6) is 0.762. The van der Waals surface area contributed by atoms with Crippen molar-refractivity contribution >= 4 is 11.8 Å². The Morgan fingerprint density at radius 2 is 1.81 bits per heavy atom. The summed E-state index contributed by atoms with van der Waals surface area (Å²) in [7, 11) is 0. The Balaban J connectivity index is 1.90. The van der Waals surface area contributed by atoms with Gasteiger partial charge >= 0.3 is 0 Å². The predicted octanol–water partition coefficient (Wildman–Crippen LogP) is 2.80. The Bertz CT molecular complexity index is 450. The molecular weight excluding hydrogens is 280 g/mol. The fourth-order valence-electron chi connectivity index (χ4n) is 3.42. The van der Waals surface area contributed by atoms with Gasteiger partial charge in [-0.1, -0.05) is 0 Å². The molecule has 0 N–H and O–H groups in total. The summed E-state index contributed by atoms with van der Waals surface area (Å²) < 4.78 is 0. The second-order valence-corrected chi connectivity index (χ2v) is 6.82. The fourth-order valence-corrected chi connectivity index (χ4v) is 4.16. The summed E-state index contributed by atoms with van der Waals surface area (Å²) >= 11 is 1.52. The maximum atomic E-state index is 9.05. The number of nitrogens with zero attached hydrogens (tertiary/aromatic N) is 4. The third kappa shape index (κ3) is 3.93. The molecule has 0 saturated carbocycles. The zero-order chi connectivity index (χ0) is 15.2. The van der Waals surface area contributed by atoms with Gasteiger partial charge in [0.2, 0.25) is 0 Å². The first kappa shape index (κ1) is 16.2. The van der Waals surface area contributed by atoms with Gasteiger partial charge in [0.25, 0.3) is 0 Å². The van der Waals surface area contributed by atoms with Crippen LogP contribution in [0.2, 0.25) is 0 Å². The minimum Gasteiger partial charge on any atom is -0.365 e. The van der Waals surface area contributed by atoms with Gasteiger partial charge in [-0.2, -0.15) is 10.5 Å². The highest BCUT2D eigenvalue weighted by molar-refractivity contribution is 8.02. The molecule has 2 aliphatic heterocycles. The predicted molar refractivity (Wildman–Crippen MR) is 86.3 cm³/mol. The van der Waals surface area contributed by atoms with Crippen LogP contribution in [0, 0.1) is 28.6 Å². The van der Waals surface area contributed by atoms with Crippen molar-refractivity contribution in [1.29, 1.82) is 10.5 Å². The summed E-state index contributed by atoms with van der Waals surface area (Å²) in [6.45, 7) is 6.75. The van der Waals surface area contributed by atoms with E-state index in [0.29, 0.717) is 0 Å². The van der Waals surface area contributed by atoms with E-state index in [0.717, 1.165) is 42.9 Å². The highest BCUT2D eigenvalue weighted by Crippen LogP contribution is 2.29. The second-order valence-electron chi connectivity index (χ2n) is 6.02. The molecule has 1 atom stereocenters. The van der Waals surface area contributed by atoms with E-state index in [1.54, 1.807) is 0 Å². The molecule has 4 nitrogen and oxygen atoms in total. The van der Waals surface area contributed by atoms with Crippen LogP contribution in [0.4, 0.5) is 0 Å². The number of allylic oxidation sites excluding steroid dienone is 1. The summed E-state index contributed by atoms with van der Waals surface area (Å²) in [5, 5.41) is 19.0. The minimum atomic E-state index is 0.258. The fraction of sp³-hybridized carbons (Fsp3) is 0.750. The van der Waals surface area contributed by atoms with Gasteiger partial charge in [-0.25, -0.2) is 0 Å². The summed E-state index contributed by atoms with van der Waals surface area (Å²) in [6.07, 6.45) is 6.95. The van der Waals surface area contributed by atoms with Gasteiger partial charge in [-0.05, 0) is 51.3 Å². The average molecular weight is 304 g/mol. The molecule has 21 heavy (non-hydrogen) atoms. The maximum absolute atomic E-state index is 9.05. The van der Waals surface area contributed by atoms with E-state index in [9.17, 15) is 0 Å². The van der Waals surface area contributed by atoms with Crippen LogP contribution in [-0.4, -0.2) is 48.3 Å². The molecule has 2 saturated heterocycles. The van der Waals surface area contributed by atoms with E-state index in [2.05, 4.69) is 16.7 Å². The molecule has 2 aliphatic rings. The zero-order valence-corrected chi connectivity index (χ0v) is 13.8. The number of hydrogen-bond donors (Lipinski definition) is 0. The zero-order valence-electron chi connectivity index (χ0n) is 13.0. The van der Waals surface area contributed by atoms with Gasteiger partial charge in [0.1, 0.15) is 12.1 Å². The first-order valence-electron chi connectivity index (χ1n) is 7.77. The summed E-state index contributed by atoms with van der Waals surface area (Å²) in [5.41, 5.74) is 0.258. The van der Waals surface area contributed by atoms with Crippen molar-refractivity contribution in [3.8, 4) is 12.1 Å². The molecule has 2 fully saturated rings. The van der Waals surface area contributed by atoms with Crippen molar-refractivity contribution in [2.24, 2.45) is 5.92 Å². The molecular formula is C16H24N4S. The summed E-state index contributed by atoms with van der Waals surface area (Å²) in [6, 6.07) is 4.79. The lowest BCUT2D eigenvalue weighted by Gasteiger charge is -2.36. The molecule has 0 spiro atoms. The van der Waals surface area contributed by atoms with Crippen LogP contribution in [0.5, 0.6) is 0 Å². The molecule has 0 aromatic heterocycles. The van der Waals surface area contributed by atoms with Gasteiger partial charge in [0.05, 0.1) is 5.03 Å². The Hall–Kier alpha value is -1.17. The lowest BCUT2D eigenvalue weighted by atomic mass is 9.96. The molecule has 114 valence electrons. The van der Waals surface area contributed by atoms with Crippen molar-refractivity contribution in [2.45, 2.75) is 38.6 Å². The molecule has 0 amide bonds. The van der Waals surface area contributed by atoms with Gasteiger partial charge in [0, 0.05) is 25.7 Å². The molecule has 5 heteroatoms. The van der Waals surface area contributed by atoms with Crippen molar-refractivity contribution < 1.29 is 0 Å². The molecule has 0 aromatic rings. The first-order chi connectivity index (χ1) is 10.2. The van der Waals surface area contributed by atoms with Crippen molar-refractivity contribution in [1.82, 2.24) is 9.80 Å². The molecule has 0 radical (unpaired) electrons. The van der Waals surface area contributed by atoms with E-state index in [1.165, 1.54) is 37.7 Å². The van der Waals surface area contributed by atoms with E-state index in [-0.39, 0.29) is 5.57 Å². The van der Waals surface area contributed by atoms with Crippen LogP contribution in [-0.2, 0) is 0 Å². The first-order valence-corrected chi connectivity index (χ1v) is 8.99.